The summed E-state index contributed by atoms with van der Waals surface area (Å²) in [5.74, 6) is 1.01. The highest BCUT2D eigenvalue weighted by Crippen LogP contribution is 2.34. The average molecular weight is 273 g/mol. The molecule has 0 radical (unpaired) electrons. The van der Waals surface area contributed by atoms with Gasteiger partial charge in [0.1, 0.15) is 0 Å². The Morgan fingerprint density at radius 1 is 1.15 bits per heavy atom. The quantitative estimate of drug-likeness (QED) is 0.647. The van der Waals surface area contributed by atoms with Crippen LogP contribution in [0.15, 0.2) is 24.3 Å². The smallest absolute Gasteiger partial charge is 0.0294 e. The topological polar surface area (TPSA) is 12.0 Å². The van der Waals surface area contributed by atoms with Crippen LogP contribution in [-0.4, -0.2) is 6.04 Å². The normalized spacial score (nSPS) is 17.9. The summed E-state index contributed by atoms with van der Waals surface area (Å²) in [7, 11) is 0. The lowest BCUT2D eigenvalue weighted by Gasteiger charge is -2.23. The maximum absolute atomic E-state index is 3.82. The summed E-state index contributed by atoms with van der Waals surface area (Å²) in [6.45, 7) is 6.86. The Morgan fingerprint density at radius 3 is 2.40 bits per heavy atom. The van der Waals surface area contributed by atoms with Crippen molar-refractivity contribution < 1.29 is 0 Å². The second kappa shape index (κ2) is 7.83. The van der Waals surface area contributed by atoms with Crippen LogP contribution in [0.25, 0.3) is 0 Å². The zero-order chi connectivity index (χ0) is 14.4. The molecule has 2 rings (SSSR count). The first-order valence-electron chi connectivity index (χ1n) is 8.57. The highest BCUT2D eigenvalue weighted by atomic mass is 14.9. The highest BCUT2D eigenvalue weighted by molar-refractivity contribution is 5.25. The molecule has 0 bridgehead atoms. The van der Waals surface area contributed by atoms with Crippen molar-refractivity contribution in [2.24, 2.45) is 5.92 Å². The maximum Gasteiger partial charge on any atom is 0.0294 e. The summed E-state index contributed by atoms with van der Waals surface area (Å²) in [5, 5.41) is 3.82. The van der Waals surface area contributed by atoms with Crippen LogP contribution in [0.2, 0.25) is 0 Å². The Hall–Kier alpha value is -0.820. The van der Waals surface area contributed by atoms with E-state index in [0.717, 1.165) is 5.92 Å². The molecule has 1 aromatic carbocycles. The van der Waals surface area contributed by atoms with Crippen LogP contribution in [0.3, 0.4) is 0 Å². The van der Waals surface area contributed by atoms with E-state index in [1.807, 2.05) is 0 Å². The van der Waals surface area contributed by atoms with E-state index in [4.69, 9.17) is 0 Å². The van der Waals surface area contributed by atoms with Gasteiger partial charge < -0.3 is 5.32 Å². The van der Waals surface area contributed by atoms with Crippen LogP contribution < -0.4 is 5.32 Å². The van der Waals surface area contributed by atoms with Crippen LogP contribution in [0.1, 0.15) is 76.5 Å². The molecule has 20 heavy (non-hydrogen) atoms. The van der Waals surface area contributed by atoms with Crippen LogP contribution in [-0.2, 0) is 6.42 Å². The summed E-state index contributed by atoms with van der Waals surface area (Å²) < 4.78 is 0. The van der Waals surface area contributed by atoms with Gasteiger partial charge in [-0.15, -0.1) is 0 Å². The summed E-state index contributed by atoms with van der Waals surface area (Å²) in [6, 6.07) is 10.4. The minimum atomic E-state index is 0.471. The average Bonchev–Trinajstić information content (AvgIpc) is 3.28. The number of nitrogens with one attached hydrogen (secondary N) is 1. The van der Waals surface area contributed by atoms with Gasteiger partial charge in [-0.1, -0.05) is 57.4 Å². The molecule has 0 amide bonds. The highest BCUT2D eigenvalue weighted by Gasteiger charge is 2.25. The van der Waals surface area contributed by atoms with Crippen LogP contribution >= 0.6 is 0 Å². The van der Waals surface area contributed by atoms with Crippen molar-refractivity contribution >= 4 is 0 Å². The van der Waals surface area contributed by atoms with Gasteiger partial charge in [0, 0.05) is 12.1 Å². The Kier molecular flexibility index (Phi) is 6.09. The first-order chi connectivity index (χ1) is 9.72. The van der Waals surface area contributed by atoms with Gasteiger partial charge in [0.05, 0.1) is 0 Å². The summed E-state index contributed by atoms with van der Waals surface area (Å²) in [6.07, 6.45) is 9.32. The molecule has 0 aliphatic heterocycles. The largest absolute Gasteiger partial charge is 0.307 e. The van der Waals surface area contributed by atoms with Crippen molar-refractivity contribution in [3.8, 4) is 0 Å². The molecule has 1 nitrogen and oxygen atoms in total. The van der Waals surface area contributed by atoms with Crippen LogP contribution in [0.5, 0.6) is 0 Å². The first-order valence-corrected chi connectivity index (χ1v) is 8.57. The van der Waals surface area contributed by atoms with Gasteiger partial charge in [-0.2, -0.15) is 0 Å². The Morgan fingerprint density at radius 2 is 1.85 bits per heavy atom. The predicted molar refractivity (Wildman–Crippen MR) is 88.0 cm³/mol. The molecule has 1 saturated carbocycles. The fourth-order valence-corrected chi connectivity index (χ4v) is 2.91. The third kappa shape index (κ3) is 4.94. The molecule has 2 atom stereocenters. The minimum absolute atomic E-state index is 0.471. The first kappa shape index (κ1) is 15.6. The third-order valence-electron chi connectivity index (χ3n) is 4.59. The Balaban J connectivity index is 1.85. The van der Waals surface area contributed by atoms with E-state index in [1.165, 1.54) is 56.1 Å². The van der Waals surface area contributed by atoms with Crippen molar-refractivity contribution in [3.05, 3.63) is 35.4 Å². The van der Waals surface area contributed by atoms with E-state index in [0.29, 0.717) is 12.1 Å². The van der Waals surface area contributed by atoms with Gasteiger partial charge >= 0.3 is 0 Å². The second-order valence-corrected chi connectivity index (χ2v) is 6.52. The van der Waals surface area contributed by atoms with Gasteiger partial charge in [0.15, 0.2) is 0 Å². The SMILES string of the molecule is CCCCc1ccc(C(C)NC(CC)CC2CC2)cc1. The van der Waals surface area contributed by atoms with E-state index in [-0.39, 0.29) is 0 Å². The van der Waals surface area contributed by atoms with Gasteiger partial charge in [-0.05, 0) is 49.7 Å². The fraction of sp³-hybridized carbons (Fsp3) is 0.684. The molecule has 1 fully saturated rings. The molecule has 1 aromatic rings. The van der Waals surface area contributed by atoms with E-state index in [1.54, 1.807) is 0 Å². The molecule has 0 aromatic heterocycles. The summed E-state index contributed by atoms with van der Waals surface area (Å²) in [4.78, 5) is 0. The Labute approximate surface area is 125 Å². The molecule has 0 spiro atoms. The van der Waals surface area contributed by atoms with E-state index >= 15 is 0 Å². The number of hydrogen-bond acceptors (Lipinski definition) is 1. The monoisotopic (exact) mass is 273 g/mol. The van der Waals surface area contributed by atoms with Crippen molar-refractivity contribution in [2.75, 3.05) is 0 Å². The molecular formula is C19H31N. The predicted octanol–water partition coefficient (Wildman–Crippen LogP) is 5.26. The van der Waals surface area contributed by atoms with E-state index in [9.17, 15) is 0 Å². The lowest BCUT2D eigenvalue weighted by molar-refractivity contribution is 0.404. The standard InChI is InChI=1S/C19H31N/c1-4-6-7-16-10-12-18(13-11-16)15(3)20-19(5-2)14-17-8-9-17/h10-13,15,17,19-20H,4-9,14H2,1-3H3. The lowest BCUT2D eigenvalue weighted by Crippen LogP contribution is -2.31. The zero-order valence-electron chi connectivity index (χ0n) is 13.5. The van der Waals surface area contributed by atoms with Crippen molar-refractivity contribution in [3.63, 3.8) is 0 Å². The molecule has 0 saturated heterocycles. The number of unbranched alkanes of at least 4 members (excludes halogenated alkanes) is 1. The molecule has 112 valence electrons. The van der Waals surface area contributed by atoms with Gasteiger partial charge in [0.2, 0.25) is 0 Å². The zero-order valence-corrected chi connectivity index (χ0v) is 13.5. The van der Waals surface area contributed by atoms with Crippen molar-refractivity contribution in [2.45, 2.75) is 77.8 Å². The van der Waals surface area contributed by atoms with Gasteiger partial charge in [0.25, 0.3) is 0 Å². The summed E-state index contributed by atoms with van der Waals surface area (Å²) >= 11 is 0. The molecule has 0 heterocycles. The number of aryl methyl sites for hydroxylation is 1. The van der Waals surface area contributed by atoms with Crippen LogP contribution in [0.4, 0.5) is 0 Å². The minimum Gasteiger partial charge on any atom is -0.307 e. The van der Waals surface area contributed by atoms with Crippen molar-refractivity contribution in [1.29, 1.82) is 0 Å². The number of rotatable bonds is 9. The van der Waals surface area contributed by atoms with E-state index in [2.05, 4.69) is 50.4 Å². The van der Waals surface area contributed by atoms with E-state index < -0.39 is 0 Å². The van der Waals surface area contributed by atoms with Gasteiger partial charge in [-0.3, -0.25) is 0 Å². The second-order valence-electron chi connectivity index (χ2n) is 6.52. The number of hydrogen-bond donors (Lipinski definition) is 1. The molecule has 1 N–H and O–H groups in total. The molecule has 1 heteroatoms. The van der Waals surface area contributed by atoms with Gasteiger partial charge in [-0.25, -0.2) is 0 Å². The van der Waals surface area contributed by atoms with Crippen molar-refractivity contribution in [1.82, 2.24) is 5.32 Å². The molecular weight excluding hydrogens is 242 g/mol. The Bertz CT molecular complexity index is 377. The molecule has 1 aliphatic carbocycles. The number of benzene rings is 1. The maximum atomic E-state index is 3.82. The fourth-order valence-electron chi connectivity index (χ4n) is 2.91. The summed E-state index contributed by atoms with van der Waals surface area (Å²) in [5.41, 5.74) is 2.91. The lowest BCUT2D eigenvalue weighted by atomic mass is 10.0. The molecule has 2 unspecified atom stereocenters. The molecule has 1 aliphatic rings. The van der Waals surface area contributed by atoms with Crippen LogP contribution in [0, 0.1) is 5.92 Å². The third-order valence-corrected chi connectivity index (χ3v) is 4.59.